The third-order valence-corrected chi connectivity index (χ3v) is 7.54. The quantitative estimate of drug-likeness (QED) is 0.493. The van der Waals surface area contributed by atoms with Crippen LogP contribution in [0.15, 0.2) is 12.3 Å². The molecule has 3 rings (SSSR count). The Kier molecular flexibility index (Phi) is 7.99. The van der Waals surface area contributed by atoms with Crippen LogP contribution in [-0.2, 0) is 0 Å². The maximum absolute atomic E-state index is 13.4. The summed E-state index contributed by atoms with van der Waals surface area (Å²) < 4.78 is 38.9. The highest BCUT2D eigenvalue weighted by Gasteiger charge is 2.36. The third-order valence-electron chi connectivity index (χ3n) is 6.46. The number of likely N-dealkylation sites (tertiary alicyclic amines) is 1. The second kappa shape index (κ2) is 10.3. The van der Waals surface area contributed by atoms with Gasteiger partial charge < -0.3 is 20.6 Å². The normalized spacial score (nSPS) is 18.2. The number of nitrogens with zero attached hydrogens (tertiary/aromatic N) is 3. The number of rotatable bonds is 7. The molecule has 0 saturated carbocycles. The van der Waals surface area contributed by atoms with Crippen LogP contribution >= 0.6 is 11.3 Å². The summed E-state index contributed by atoms with van der Waals surface area (Å²) >= 11 is 1.01. The molecule has 2 aromatic heterocycles. The molecule has 3 atom stereocenters. The molecule has 36 heavy (non-hydrogen) atoms. The highest BCUT2D eigenvalue weighted by molar-refractivity contribution is 7.17. The molecule has 12 heteroatoms. The van der Waals surface area contributed by atoms with Crippen molar-refractivity contribution in [2.75, 3.05) is 11.9 Å². The Morgan fingerprint density at radius 1 is 1.25 bits per heavy atom. The summed E-state index contributed by atoms with van der Waals surface area (Å²) in [6.45, 7) is 10.0. The van der Waals surface area contributed by atoms with E-state index in [9.17, 15) is 27.9 Å². The van der Waals surface area contributed by atoms with Crippen LogP contribution in [0.25, 0.3) is 10.4 Å². The Labute approximate surface area is 212 Å². The lowest BCUT2D eigenvalue weighted by molar-refractivity contribution is -0.138. The van der Waals surface area contributed by atoms with Crippen LogP contribution in [0.2, 0.25) is 0 Å². The van der Waals surface area contributed by atoms with Crippen molar-refractivity contribution in [3.05, 3.63) is 28.5 Å². The van der Waals surface area contributed by atoms with Crippen molar-refractivity contribution in [3.63, 3.8) is 0 Å². The van der Waals surface area contributed by atoms with Gasteiger partial charge in [-0.05, 0) is 66.0 Å². The zero-order chi connectivity index (χ0) is 27.0. The molecule has 0 bridgehead atoms. The van der Waals surface area contributed by atoms with Crippen molar-refractivity contribution < 1.29 is 27.9 Å². The van der Waals surface area contributed by atoms with Gasteiger partial charge in [-0.2, -0.15) is 13.2 Å². The van der Waals surface area contributed by atoms with Gasteiger partial charge in [0.2, 0.25) is 0 Å². The van der Waals surface area contributed by atoms with Crippen LogP contribution in [0.1, 0.15) is 73.3 Å². The summed E-state index contributed by atoms with van der Waals surface area (Å²) in [5.74, 6) is -0.802. The van der Waals surface area contributed by atoms with E-state index >= 15 is 0 Å². The molecule has 2 aromatic rings. The molecule has 1 saturated heterocycles. The Bertz CT molecular complexity index is 1130. The van der Waals surface area contributed by atoms with E-state index in [-0.39, 0.29) is 28.5 Å². The molecule has 0 aromatic carbocycles. The van der Waals surface area contributed by atoms with Gasteiger partial charge in [-0.1, -0.05) is 0 Å². The van der Waals surface area contributed by atoms with Crippen LogP contribution in [0, 0.1) is 6.92 Å². The summed E-state index contributed by atoms with van der Waals surface area (Å²) in [6.07, 6.45) is -1.32. The standard InChI is InChI=1S/C24H32F3N5O3S/c1-12-10-17(29-15(4)24(25,26)27)28-11-16(12)19-18(22(34)32-9-7-8-13(32)2)31-21(36-19)20(33)30-14(3)23(5,6)35/h10-11,13-15,35H,7-9H2,1-6H3,(H,28,29)(H,30,33)/t13-,14-,15-/m0/s1. The van der Waals surface area contributed by atoms with Crippen LogP contribution in [0.4, 0.5) is 19.0 Å². The fourth-order valence-corrected chi connectivity index (χ4v) is 4.76. The lowest BCUT2D eigenvalue weighted by Gasteiger charge is -2.26. The maximum atomic E-state index is 13.4. The van der Waals surface area contributed by atoms with E-state index in [0.29, 0.717) is 22.5 Å². The minimum Gasteiger partial charge on any atom is -0.388 e. The zero-order valence-corrected chi connectivity index (χ0v) is 22.0. The number of hydrogen-bond acceptors (Lipinski definition) is 7. The summed E-state index contributed by atoms with van der Waals surface area (Å²) in [5, 5.41) is 15.3. The number of nitrogens with one attached hydrogen (secondary N) is 2. The summed E-state index contributed by atoms with van der Waals surface area (Å²) in [6, 6.07) is -0.880. The SMILES string of the molecule is Cc1cc(N[C@@H](C)C(F)(F)F)ncc1-c1sc(C(=O)N[C@@H](C)C(C)(C)O)nc1C(=O)N1CCC[C@@H]1C. The van der Waals surface area contributed by atoms with Crippen molar-refractivity contribution in [2.24, 2.45) is 0 Å². The fraction of sp³-hybridized carbons (Fsp3) is 0.583. The van der Waals surface area contributed by atoms with Crippen LogP contribution < -0.4 is 10.6 Å². The molecular weight excluding hydrogens is 495 g/mol. The van der Waals surface area contributed by atoms with Gasteiger partial charge in [0.25, 0.3) is 11.8 Å². The Morgan fingerprint density at radius 2 is 1.92 bits per heavy atom. The molecule has 3 N–H and O–H groups in total. The largest absolute Gasteiger partial charge is 0.408 e. The number of halogens is 3. The second-order valence-electron chi connectivity index (χ2n) is 9.83. The number of carbonyl (C=O) groups excluding carboxylic acids is 2. The zero-order valence-electron chi connectivity index (χ0n) is 21.2. The van der Waals surface area contributed by atoms with Crippen molar-refractivity contribution in [3.8, 4) is 10.4 Å². The third kappa shape index (κ3) is 6.15. The van der Waals surface area contributed by atoms with Gasteiger partial charge in [0.1, 0.15) is 17.6 Å². The van der Waals surface area contributed by atoms with E-state index in [1.807, 2.05) is 6.92 Å². The molecule has 2 amide bonds. The number of carbonyl (C=O) groups is 2. The van der Waals surface area contributed by atoms with Crippen molar-refractivity contribution in [1.82, 2.24) is 20.2 Å². The molecule has 0 spiro atoms. The number of pyridine rings is 1. The number of anilines is 1. The summed E-state index contributed by atoms with van der Waals surface area (Å²) in [5.41, 5.74) is 0.00782. The monoisotopic (exact) mass is 527 g/mol. The number of aromatic nitrogens is 2. The van der Waals surface area contributed by atoms with Crippen molar-refractivity contribution in [2.45, 2.75) is 84.3 Å². The van der Waals surface area contributed by atoms with E-state index in [0.717, 1.165) is 31.1 Å². The van der Waals surface area contributed by atoms with Crippen LogP contribution in [0.3, 0.4) is 0 Å². The molecule has 1 aliphatic heterocycles. The first-order valence-corrected chi connectivity index (χ1v) is 12.6. The minimum atomic E-state index is -4.43. The Hall–Kier alpha value is -2.73. The fourth-order valence-electron chi connectivity index (χ4n) is 3.73. The molecule has 0 aliphatic carbocycles. The topological polar surface area (TPSA) is 107 Å². The number of hydrogen-bond donors (Lipinski definition) is 3. The van der Waals surface area contributed by atoms with E-state index in [1.54, 1.807) is 32.6 Å². The highest BCUT2D eigenvalue weighted by Crippen LogP contribution is 2.35. The van der Waals surface area contributed by atoms with E-state index < -0.39 is 29.8 Å². The Balaban J connectivity index is 2.00. The van der Waals surface area contributed by atoms with Gasteiger partial charge in [-0.15, -0.1) is 11.3 Å². The smallest absolute Gasteiger partial charge is 0.388 e. The average Bonchev–Trinajstić information content (AvgIpc) is 3.38. The molecule has 1 aliphatic rings. The molecule has 1 fully saturated rings. The van der Waals surface area contributed by atoms with E-state index in [1.165, 1.54) is 12.3 Å². The number of aliphatic hydroxyl groups is 1. The average molecular weight is 528 g/mol. The maximum Gasteiger partial charge on any atom is 0.408 e. The predicted octanol–water partition coefficient (Wildman–Crippen LogP) is 4.39. The van der Waals surface area contributed by atoms with E-state index in [4.69, 9.17) is 0 Å². The molecular formula is C24H32F3N5O3S. The molecule has 198 valence electrons. The highest BCUT2D eigenvalue weighted by atomic mass is 32.1. The lowest BCUT2D eigenvalue weighted by Crippen LogP contribution is -2.47. The first kappa shape index (κ1) is 27.9. The lowest BCUT2D eigenvalue weighted by atomic mass is 10.0. The van der Waals surface area contributed by atoms with Crippen LogP contribution in [0.5, 0.6) is 0 Å². The molecule has 0 radical (unpaired) electrons. The Morgan fingerprint density at radius 3 is 2.44 bits per heavy atom. The molecule has 0 unspecified atom stereocenters. The number of thiazole rings is 1. The minimum absolute atomic E-state index is 0.0224. The van der Waals surface area contributed by atoms with Gasteiger partial charge in [-0.3, -0.25) is 9.59 Å². The van der Waals surface area contributed by atoms with Crippen LogP contribution in [-0.4, -0.2) is 68.2 Å². The summed E-state index contributed by atoms with van der Waals surface area (Å²) in [7, 11) is 0. The van der Waals surface area contributed by atoms with Gasteiger partial charge >= 0.3 is 6.18 Å². The van der Waals surface area contributed by atoms with Gasteiger partial charge in [-0.25, -0.2) is 9.97 Å². The van der Waals surface area contributed by atoms with Crippen molar-refractivity contribution in [1.29, 1.82) is 0 Å². The molecule has 3 heterocycles. The van der Waals surface area contributed by atoms with Crippen molar-refractivity contribution >= 4 is 29.0 Å². The first-order chi connectivity index (χ1) is 16.6. The second-order valence-corrected chi connectivity index (χ2v) is 10.8. The summed E-state index contributed by atoms with van der Waals surface area (Å²) in [4.78, 5) is 37.0. The van der Waals surface area contributed by atoms with Gasteiger partial charge in [0.05, 0.1) is 16.5 Å². The number of aryl methyl sites for hydroxylation is 1. The predicted molar refractivity (Wildman–Crippen MR) is 132 cm³/mol. The van der Waals surface area contributed by atoms with Gasteiger partial charge in [0, 0.05) is 24.3 Å². The van der Waals surface area contributed by atoms with Gasteiger partial charge in [0.15, 0.2) is 5.01 Å². The number of amides is 2. The first-order valence-electron chi connectivity index (χ1n) is 11.7. The number of alkyl halides is 3. The van der Waals surface area contributed by atoms with E-state index in [2.05, 4.69) is 20.6 Å². The molecule has 8 nitrogen and oxygen atoms in total.